The first-order valence-electron chi connectivity index (χ1n) is 6.69. The van der Waals surface area contributed by atoms with E-state index in [-0.39, 0.29) is 5.97 Å². The van der Waals surface area contributed by atoms with Gasteiger partial charge in [0.15, 0.2) is 0 Å². The molecule has 2 heterocycles. The van der Waals surface area contributed by atoms with Gasteiger partial charge < -0.3 is 10.1 Å². The van der Waals surface area contributed by atoms with Crippen LogP contribution in [0.4, 0.5) is 5.82 Å². The molecule has 0 radical (unpaired) electrons. The third-order valence-electron chi connectivity index (χ3n) is 3.34. The van der Waals surface area contributed by atoms with E-state index >= 15 is 0 Å². The predicted octanol–water partition coefficient (Wildman–Crippen LogP) is 2.72. The molecule has 3 rings (SSSR count). The fraction of sp³-hybridized carbons (Fsp3) is 0.250. The van der Waals surface area contributed by atoms with Crippen LogP contribution in [0.15, 0.2) is 36.4 Å². The highest BCUT2D eigenvalue weighted by Crippen LogP contribution is 2.24. The van der Waals surface area contributed by atoms with Gasteiger partial charge in [0.2, 0.25) is 0 Å². The van der Waals surface area contributed by atoms with E-state index in [0.717, 1.165) is 23.2 Å². The van der Waals surface area contributed by atoms with Gasteiger partial charge in [-0.15, -0.1) is 0 Å². The summed E-state index contributed by atoms with van der Waals surface area (Å²) in [5.41, 5.74) is 3.66. The summed E-state index contributed by atoms with van der Waals surface area (Å²) in [5.74, 6) is 0.336. The van der Waals surface area contributed by atoms with Crippen LogP contribution in [0, 0.1) is 6.92 Å². The van der Waals surface area contributed by atoms with Crippen molar-refractivity contribution in [3.05, 3.63) is 58.8 Å². The number of rotatable bonds is 3. The van der Waals surface area contributed by atoms with Crippen molar-refractivity contribution < 1.29 is 9.53 Å². The summed E-state index contributed by atoms with van der Waals surface area (Å²) in [7, 11) is 0. The zero-order chi connectivity index (χ0) is 13.9. The van der Waals surface area contributed by atoms with Gasteiger partial charge in [0, 0.05) is 18.7 Å². The number of fused-ring (bicyclic) bond motifs is 1. The summed E-state index contributed by atoms with van der Waals surface area (Å²) in [6.45, 7) is 3.03. The Bertz CT molecular complexity index is 638. The van der Waals surface area contributed by atoms with Gasteiger partial charge in [0.05, 0.1) is 6.61 Å². The number of hydrogen-bond acceptors (Lipinski definition) is 4. The largest absolute Gasteiger partial charge is 0.462 e. The van der Waals surface area contributed by atoms with Crippen LogP contribution in [-0.4, -0.2) is 17.6 Å². The van der Waals surface area contributed by atoms with Crippen LogP contribution < -0.4 is 5.32 Å². The average molecular weight is 268 g/mol. The van der Waals surface area contributed by atoms with E-state index in [1.807, 2.05) is 43.3 Å². The number of aryl methyl sites for hydroxylation is 1. The third kappa shape index (κ3) is 2.50. The quantitative estimate of drug-likeness (QED) is 0.870. The van der Waals surface area contributed by atoms with Crippen molar-refractivity contribution in [3.63, 3.8) is 0 Å². The Morgan fingerprint density at radius 3 is 2.90 bits per heavy atom. The lowest BCUT2D eigenvalue weighted by Crippen LogP contribution is -2.21. The molecule has 1 aliphatic heterocycles. The molecule has 0 fully saturated rings. The molecule has 102 valence electrons. The minimum atomic E-state index is -0.283. The smallest absolute Gasteiger partial charge is 0.342 e. The van der Waals surface area contributed by atoms with Crippen molar-refractivity contribution in [2.24, 2.45) is 0 Å². The summed E-state index contributed by atoms with van der Waals surface area (Å²) in [4.78, 5) is 16.4. The van der Waals surface area contributed by atoms with E-state index in [1.54, 1.807) is 0 Å². The Labute approximate surface area is 117 Å². The number of carbonyl (C=O) groups excluding carboxylic acids is 1. The second-order valence-corrected chi connectivity index (χ2v) is 4.87. The fourth-order valence-corrected chi connectivity index (χ4v) is 2.40. The van der Waals surface area contributed by atoms with Crippen molar-refractivity contribution in [3.8, 4) is 0 Å². The van der Waals surface area contributed by atoms with Crippen LogP contribution in [0.5, 0.6) is 0 Å². The van der Waals surface area contributed by atoms with Gasteiger partial charge in [-0.2, -0.15) is 0 Å². The molecule has 2 aromatic rings. The van der Waals surface area contributed by atoms with Gasteiger partial charge >= 0.3 is 5.97 Å². The second kappa shape index (κ2) is 5.33. The van der Waals surface area contributed by atoms with Crippen LogP contribution in [0.25, 0.3) is 0 Å². The Morgan fingerprint density at radius 2 is 2.10 bits per heavy atom. The number of benzene rings is 1. The van der Waals surface area contributed by atoms with Crippen LogP contribution in [-0.2, 0) is 17.7 Å². The summed E-state index contributed by atoms with van der Waals surface area (Å²) in [6, 6.07) is 12.0. The number of nitrogens with zero attached hydrogens (tertiary/aromatic N) is 1. The van der Waals surface area contributed by atoms with Crippen LogP contribution in [0.2, 0.25) is 0 Å². The Kier molecular flexibility index (Phi) is 3.37. The molecular weight excluding hydrogens is 252 g/mol. The highest BCUT2D eigenvalue weighted by atomic mass is 16.5. The van der Waals surface area contributed by atoms with Crippen LogP contribution in [0.3, 0.4) is 0 Å². The van der Waals surface area contributed by atoms with Gasteiger partial charge in [-0.3, -0.25) is 0 Å². The molecule has 0 aliphatic carbocycles. The standard InChI is InChI=1S/C16H16N2O2/c1-11-9-13-7-8-20-16(19)14(13)15(18-11)17-10-12-5-3-2-4-6-12/h2-6,9H,7-8,10H2,1H3,(H,17,18). The number of aromatic nitrogens is 1. The molecule has 4 heteroatoms. The second-order valence-electron chi connectivity index (χ2n) is 4.87. The predicted molar refractivity (Wildman–Crippen MR) is 76.7 cm³/mol. The zero-order valence-electron chi connectivity index (χ0n) is 11.3. The minimum Gasteiger partial charge on any atom is -0.462 e. The number of esters is 1. The molecule has 4 nitrogen and oxygen atoms in total. The SMILES string of the molecule is Cc1cc2c(c(NCc3ccccc3)n1)C(=O)OCC2. The third-order valence-corrected chi connectivity index (χ3v) is 3.34. The highest BCUT2D eigenvalue weighted by molar-refractivity contribution is 5.97. The monoisotopic (exact) mass is 268 g/mol. The van der Waals surface area contributed by atoms with Crippen molar-refractivity contribution >= 4 is 11.8 Å². The molecule has 0 saturated heterocycles. The van der Waals surface area contributed by atoms with E-state index in [0.29, 0.717) is 24.5 Å². The van der Waals surface area contributed by atoms with Crippen molar-refractivity contribution in [2.75, 3.05) is 11.9 Å². The number of ether oxygens (including phenoxy) is 1. The van der Waals surface area contributed by atoms with Crippen LogP contribution in [0.1, 0.15) is 27.2 Å². The maximum absolute atomic E-state index is 11.9. The molecule has 0 spiro atoms. The van der Waals surface area contributed by atoms with Gasteiger partial charge in [-0.1, -0.05) is 30.3 Å². The van der Waals surface area contributed by atoms with Gasteiger partial charge in [-0.05, 0) is 24.1 Å². The first-order chi connectivity index (χ1) is 9.74. The van der Waals surface area contributed by atoms with E-state index in [2.05, 4.69) is 10.3 Å². The maximum atomic E-state index is 11.9. The zero-order valence-corrected chi connectivity index (χ0v) is 11.3. The topological polar surface area (TPSA) is 51.2 Å². The minimum absolute atomic E-state index is 0.283. The summed E-state index contributed by atoms with van der Waals surface area (Å²) < 4.78 is 5.12. The molecule has 20 heavy (non-hydrogen) atoms. The molecule has 0 amide bonds. The highest BCUT2D eigenvalue weighted by Gasteiger charge is 2.23. The van der Waals surface area contributed by atoms with Crippen molar-refractivity contribution in [1.82, 2.24) is 4.98 Å². The van der Waals surface area contributed by atoms with Gasteiger partial charge in [0.25, 0.3) is 0 Å². The molecule has 0 atom stereocenters. The maximum Gasteiger partial charge on any atom is 0.342 e. The molecule has 0 saturated carbocycles. The summed E-state index contributed by atoms with van der Waals surface area (Å²) in [5, 5.41) is 3.25. The number of hydrogen-bond donors (Lipinski definition) is 1. The molecule has 0 bridgehead atoms. The van der Waals surface area contributed by atoms with E-state index in [4.69, 9.17) is 4.74 Å². The van der Waals surface area contributed by atoms with E-state index in [1.165, 1.54) is 0 Å². The van der Waals surface area contributed by atoms with Crippen molar-refractivity contribution in [2.45, 2.75) is 19.9 Å². The molecular formula is C16H16N2O2. The number of cyclic esters (lactones) is 1. The Morgan fingerprint density at radius 1 is 1.30 bits per heavy atom. The first-order valence-corrected chi connectivity index (χ1v) is 6.69. The lowest BCUT2D eigenvalue weighted by Gasteiger charge is -2.19. The van der Waals surface area contributed by atoms with Crippen LogP contribution >= 0.6 is 0 Å². The van der Waals surface area contributed by atoms with Crippen molar-refractivity contribution in [1.29, 1.82) is 0 Å². The fourth-order valence-electron chi connectivity index (χ4n) is 2.40. The lowest BCUT2D eigenvalue weighted by molar-refractivity contribution is 0.0481. The average Bonchev–Trinajstić information content (AvgIpc) is 2.45. The number of carbonyl (C=O) groups is 1. The summed E-state index contributed by atoms with van der Waals surface area (Å²) in [6.07, 6.45) is 0.754. The Hall–Kier alpha value is -2.36. The number of pyridine rings is 1. The molecule has 1 aliphatic rings. The molecule has 1 aromatic carbocycles. The van der Waals surface area contributed by atoms with Gasteiger partial charge in [-0.25, -0.2) is 9.78 Å². The number of nitrogens with one attached hydrogen (secondary N) is 1. The molecule has 0 unspecified atom stereocenters. The molecule has 1 aromatic heterocycles. The number of anilines is 1. The molecule has 1 N–H and O–H groups in total. The van der Waals surface area contributed by atoms with E-state index in [9.17, 15) is 4.79 Å². The normalized spacial score (nSPS) is 13.6. The first kappa shape index (κ1) is 12.7. The summed E-state index contributed by atoms with van der Waals surface area (Å²) >= 11 is 0. The Balaban J connectivity index is 1.89. The van der Waals surface area contributed by atoms with Gasteiger partial charge in [0.1, 0.15) is 11.4 Å². The lowest BCUT2D eigenvalue weighted by atomic mass is 10.0. The van der Waals surface area contributed by atoms with E-state index < -0.39 is 0 Å².